The molecule has 5 heteroatoms. The summed E-state index contributed by atoms with van der Waals surface area (Å²) in [6.07, 6.45) is 0. The first kappa shape index (κ1) is 21.6. The lowest BCUT2D eigenvalue weighted by Gasteiger charge is -2.15. The number of para-hydroxylation sites is 3. The van der Waals surface area contributed by atoms with Gasteiger partial charge in [-0.1, -0.05) is 48.5 Å². The van der Waals surface area contributed by atoms with Gasteiger partial charge in [0.1, 0.15) is 5.82 Å². The lowest BCUT2D eigenvalue weighted by atomic mass is 10.1. The number of hydrogen-bond donors (Lipinski definition) is 0. The third-order valence-corrected chi connectivity index (χ3v) is 7.00. The number of nitriles is 2. The van der Waals surface area contributed by atoms with Crippen LogP contribution in [0, 0.1) is 22.7 Å². The summed E-state index contributed by atoms with van der Waals surface area (Å²) in [6, 6.07) is 42.7. The predicted octanol–water partition coefficient (Wildman–Crippen LogP) is 7.53. The van der Waals surface area contributed by atoms with Gasteiger partial charge >= 0.3 is 0 Å². The van der Waals surface area contributed by atoms with Gasteiger partial charge in [-0.05, 0) is 66.7 Å². The van der Waals surface area contributed by atoms with E-state index in [1.54, 1.807) is 0 Å². The maximum atomic E-state index is 9.52. The Morgan fingerprint density at radius 2 is 1.16 bits per heavy atom. The van der Waals surface area contributed by atoms with Gasteiger partial charge in [0.15, 0.2) is 0 Å². The van der Waals surface area contributed by atoms with Gasteiger partial charge in [0.2, 0.25) is 0 Å². The second-order valence-electron chi connectivity index (χ2n) is 9.13. The van der Waals surface area contributed by atoms with E-state index in [1.807, 2.05) is 54.6 Å². The molecule has 0 unspecified atom stereocenters. The summed E-state index contributed by atoms with van der Waals surface area (Å²) >= 11 is 0. The fraction of sp³-hybridized carbons (Fsp3) is 0. The van der Waals surface area contributed by atoms with E-state index in [0.29, 0.717) is 11.1 Å². The third kappa shape index (κ3) is 3.20. The Bertz CT molecular complexity index is 2040. The normalized spacial score (nSPS) is 11.1. The predicted molar refractivity (Wildman–Crippen MR) is 150 cm³/mol. The molecule has 38 heavy (non-hydrogen) atoms. The number of hydrogen-bond acceptors (Lipinski definition) is 3. The van der Waals surface area contributed by atoms with Crippen molar-refractivity contribution < 1.29 is 0 Å². The highest BCUT2D eigenvalue weighted by Crippen LogP contribution is 2.37. The van der Waals surface area contributed by atoms with Crippen molar-refractivity contribution in [2.45, 2.75) is 0 Å². The maximum Gasteiger partial charge on any atom is 0.147 e. The van der Waals surface area contributed by atoms with Crippen LogP contribution in [-0.2, 0) is 0 Å². The summed E-state index contributed by atoms with van der Waals surface area (Å²) in [5, 5.41) is 21.2. The Labute approximate surface area is 218 Å². The molecule has 0 bridgehead atoms. The van der Waals surface area contributed by atoms with Crippen LogP contribution in [0.1, 0.15) is 11.1 Å². The molecule has 0 aliphatic carbocycles. The lowest BCUT2D eigenvalue weighted by molar-refractivity contribution is 1.09. The fourth-order valence-corrected chi connectivity index (χ4v) is 5.32. The average Bonchev–Trinajstić information content (AvgIpc) is 3.53. The van der Waals surface area contributed by atoms with E-state index in [0.717, 1.165) is 44.8 Å². The fourth-order valence-electron chi connectivity index (χ4n) is 5.32. The van der Waals surface area contributed by atoms with E-state index in [4.69, 9.17) is 4.98 Å². The van der Waals surface area contributed by atoms with E-state index in [1.165, 1.54) is 10.8 Å². The van der Waals surface area contributed by atoms with Gasteiger partial charge < -0.3 is 4.57 Å². The first-order valence-electron chi connectivity index (χ1n) is 12.3. The van der Waals surface area contributed by atoms with Crippen molar-refractivity contribution >= 4 is 32.8 Å². The van der Waals surface area contributed by atoms with E-state index < -0.39 is 0 Å². The van der Waals surface area contributed by atoms with Crippen LogP contribution in [0.5, 0.6) is 0 Å². The third-order valence-electron chi connectivity index (χ3n) is 7.00. The largest absolute Gasteiger partial charge is 0.309 e. The molecule has 0 spiro atoms. The minimum atomic E-state index is 0.559. The Morgan fingerprint density at radius 1 is 0.553 bits per heavy atom. The van der Waals surface area contributed by atoms with Crippen molar-refractivity contribution in [1.29, 1.82) is 10.5 Å². The molecule has 2 heterocycles. The van der Waals surface area contributed by atoms with Crippen LogP contribution in [0.3, 0.4) is 0 Å². The van der Waals surface area contributed by atoms with Crippen LogP contribution >= 0.6 is 0 Å². The van der Waals surface area contributed by atoms with Gasteiger partial charge in [0.25, 0.3) is 0 Å². The number of nitrogens with zero attached hydrogens (tertiary/aromatic N) is 5. The highest BCUT2D eigenvalue weighted by atomic mass is 15.1. The van der Waals surface area contributed by atoms with Crippen LogP contribution in [-0.4, -0.2) is 14.1 Å². The molecule has 0 saturated heterocycles. The van der Waals surface area contributed by atoms with Crippen molar-refractivity contribution in [3.8, 4) is 34.9 Å². The Balaban J connectivity index is 1.57. The molecule has 0 amide bonds. The second-order valence-corrected chi connectivity index (χ2v) is 9.13. The van der Waals surface area contributed by atoms with Crippen LogP contribution < -0.4 is 0 Å². The van der Waals surface area contributed by atoms with Gasteiger partial charge in [-0.2, -0.15) is 10.5 Å². The molecule has 0 fully saturated rings. The van der Waals surface area contributed by atoms with Crippen molar-refractivity contribution in [1.82, 2.24) is 14.1 Å². The zero-order chi connectivity index (χ0) is 25.6. The summed E-state index contributed by atoms with van der Waals surface area (Å²) < 4.78 is 4.40. The molecule has 2 aromatic heterocycles. The van der Waals surface area contributed by atoms with Crippen molar-refractivity contribution in [3.63, 3.8) is 0 Å². The quantitative estimate of drug-likeness (QED) is 0.260. The van der Waals surface area contributed by atoms with Gasteiger partial charge in [-0.3, -0.25) is 4.57 Å². The van der Waals surface area contributed by atoms with Crippen LogP contribution in [0.15, 0.2) is 115 Å². The molecule has 7 aromatic rings. The molecule has 5 aromatic carbocycles. The topological polar surface area (TPSA) is 70.3 Å². The summed E-state index contributed by atoms with van der Waals surface area (Å²) in [5.41, 5.74) is 7.88. The number of rotatable bonds is 3. The highest BCUT2D eigenvalue weighted by Gasteiger charge is 2.20. The van der Waals surface area contributed by atoms with E-state index in [9.17, 15) is 10.5 Å². The zero-order valence-electron chi connectivity index (χ0n) is 20.2. The van der Waals surface area contributed by atoms with E-state index in [-0.39, 0.29) is 0 Å². The molecule has 0 N–H and O–H groups in total. The molecule has 0 aliphatic rings. The van der Waals surface area contributed by atoms with Gasteiger partial charge in [0.05, 0.1) is 51.0 Å². The molecule has 0 saturated carbocycles. The van der Waals surface area contributed by atoms with Crippen LogP contribution in [0.2, 0.25) is 0 Å². The number of imidazole rings is 1. The Morgan fingerprint density at radius 3 is 1.84 bits per heavy atom. The zero-order valence-corrected chi connectivity index (χ0v) is 20.2. The number of benzene rings is 5. The van der Waals surface area contributed by atoms with Gasteiger partial charge in [0, 0.05) is 22.0 Å². The first-order chi connectivity index (χ1) is 18.8. The molecule has 7 rings (SSSR count). The Kier molecular flexibility index (Phi) is 4.83. The van der Waals surface area contributed by atoms with E-state index >= 15 is 0 Å². The molecule has 0 radical (unpaired) electrons. The van der Waals surface area contributed by atoms with Gasteiger partial charge in [-0.25, -0.2) is 4.98 Å². The number of aromatic nitrogens is 3. The maximum absolute atomic E-state index is 9.52. The van der Waals surface area contributed by atoms with Crippen molar-refractivity contribution in [3.05, 3.63) is 126 Å². The Hall–Kier alpha value is -5.65. The highest BCUT2D eigenvalue weighted by molar-refractivity contribution is 6.09. The SMILES string of the molecule is N#Cc1ccc(-n2c(-c3ccccc3-n3c4ccccc4c4ccccc43)nc3cc(C#N)ccc32)cc1. The minimum Gasteiger partial charge on any atom is -0.309 e. The molecule has 0 aliphatic heterocycles. The monoisotopic (exact) mass is 485 g/mol. The molecule has 0 atom stereocenters. The van der Waals surface area contributed by atoms with Crippen LogP contribution in [0.25, 0.3) is 55.6 Å². The molecular formula is C33H19N5. The molecular weight excluding hydrogens is 466 g/mol. The lowest BCUT2D eigenvalue weighted by Crippen LogP contribution is -2.02. The summed E-state index contributed by atoms with van der Waals surface area (Å²) in [4.78, 5) is 5.07. The standard InChI is InChI=1S/C33H19N5/c34-20-22-13-16-24(17-14-22)37-32-18-15-23(21-35)19-28(32)36-33(37)27-9-3-6-12-31(27)38-29-10-4-1-7-25(29)26-8-2-5-11-30(26)38/h1-19H. The second kappa shape index (κ2) is 8.48. The van der Waals surface area contributed by atoms with Crippen molar-refractivity contribution in [2.24, 2.45) is 0 Å². The van der Waals surface area contributed by atoms with Crippen molar-refractivity contribution in [2.75, 3.05) is 0 Å². The van der Waals surface area contributed by atoms with Gasteiger partial charge in [-0.15, -0.1) is 0 Å². The summed E-state index contributed by atoms with van der Waals surface area (Å²) in [7, 11) is 0. The average molecular weight is 486 g/mol. The molecule has 5 nitrogen and oxygen atoms in total. The first-order valence-corrected chi connectivity index (χ1v) is 12.3. The smallest absolute Gasteiger partial charge is 0.147 e. The van der Waals surface area contributed by atoms with Crippen LogP contribution in [0.4, 0.5) is 0 Å². The summed E-state index contributed by atoms with van der Waals surface area (Å²) in [5.74, 6) is 0.761. The van der Waals surface area contributed by atoms with E-state index in [2.05, 4.69) is 81.9 Å². The minimum absolute atomic E-state index is 0.559. The number of fused-ring (bicyclic) bond motifs is 4. The summed E-state index contributed by atoms with van der Waals surface area (Å²) in [6.45, 7) is 0. The molecule has 176 valence electrons.